The number of amides is 1. The summed E-state index contributed by atoms with van der Waals surface area (Å²) in [5.74, 6) is -7.91. The zero-order valence-electron chi connectivity index (χ0n) is 23.7. The van der Waals surface area contributed by atoms with E-state index >= 15 is 0 Å². The van der Waals surface area contributed by atoms with Crippen LogP contribution >= 0.6 is 0 Å². The summed E-state index contributed by atoms with van der Waals surface area (Å²) in [6.45, 7) is 2.10. The number of rotatable bonds is 9. The summed E-state index contributed by atoms with van der Waals surface area (Å²) in [7, 11) is -3.41. The van der Waals surface area contributed by atoms with Gasteiger partial charge in [-0.05, 0) is 59.2 Å². The van der Waals surface area contributed by atoms with E-state index in [0.717, 1.165) is 0 Å². The highest BCUT2D eigenvalue weighted by molar-refractivity contribution is 7.91. The molecule has 1 heterocycles. The molecule has 44 heavy (non-hydrogen) atoms. The molecule has 3 atom stereocenters. The first-order valence-corrected chi connectivity index (χ1v) is 15.9. The number of hydrogen-bond donors (Lipinski definition) is 1. The van der Waals surface area contributed by atoms with Crippen molar-refractivity contribution in [1.82, 2.24) is 5.32 Å². The van der Waals surface area contributed by atoms with E-state index in [9.17, 15) is 36.0 Å². The Morgan fingerprint density at radius 1 is 1.02 bits per heavy atom. The summed E-state index contributed by atoms with van der Waals surface area (Å²) in [5, 5.41) is 12.2. The summed E-state index contributed by atoms with van der Waals surface area (Å²) in [6, 6.07) is 16.8. The number of carbonyl (C=O) groups is 1. The van der Waals surface area contributed by atoms with Gasteiger partial charge in [0.2, 0.25) is 0 Å². The Balaban J connectivity index is 1.25. The minimum atomic E-state index is -3.41. The molecule has 0 spiro atoms. The van der Waals surface area contributed by atoms with Gasteiger partial charge in [-0.1, -0.05) is 25.1 Å². The molecule has 1 N–H and O–H groups in total. The van der Waals surface area contributed by atoms with Crippen molar-refractivity contribution in [2.75, 3.05) is 23.8 Å². The highest BCUT2D eigenvalue weighted by atomic mass is 32.2. The lowest BCUT2D eigenvalue weighted by Gasteiger charge is -2.32. The Labute approximate surface area is 252 Å². The molecule has 2 saturated carbocycles. The van der Waals surface area contributed by atoms with Crippen LogP contribution in [0.3, 0.4) is 0 Å². The van der Waals surface area contributed by atoms with Crippen molar-refractivity contribution in [3.05, 3.63) is 82.9 Å². The molecule has 230 valence electrons. The summed E-state index contributed by atoms with van der Waals surface area (Å²) in [5.41, 5.74) is 2.53. The molecule has 0 bridgehead atoms. The molecule has 0 radical (unpaired) electrons. The fraction of sp³-hybridized carbons (Fsp3) is 0.375. The average molecular weight is 628 g/mol. The number of halogens is 4. The number of benzene rings is 3. The first kappa shape index (κ1) is 29.9. The van der Waals surface area contributed by atoms with Crippen molar-refractivity contribution in [3.63, 3.8) is 0 Å². The van der Waals surface area contributed by atoms with E-state index in [-0.39, 0.29) is 42.1 Å². The minimum absolute atomic E-state index is 0.0535. The molecule has 3 aliphatic rings. The molecule has 3 aromatic carbocycles. The lowest BCUT2D eigenvalue weighted by molar-refractivity contribution is 0.0936. The highest BCUT2D eigenvalue weighted by Crippen LogP contribution is 2.60. The van der Waals surface area contributed by atoms with Crippen LogP contribution in [0.25, 0.3) is 0 Å². The van der Waals surface area contributed by atoms with Crippen molar-refractivity contribution < 1.29 is 35.5 Å². The second kappa shape index (κ2) is 10.8. The van der Waals surface area contributed by atoms with E-state index < -0.39 is 45.5 Å². The van der Waals surface area contributed by atoms with Crippen LogP contribution in [0.1, 0.15) is 71.1 Å². The Morgan fingerprint density at radius 2 is 1.64 bits per heavy atom. The van der Waals surface area contributed by atoms with Gasteiger partial charge in [0.25, 0.3) is 17.8 Å². The Bertz CT molecular complexity index is 1730. The number of nitriles is 1. The zero-order chi connectivity index (χ0) is 31.4. The summed E-state index contributed by atoms with van der Waals surface area (Å²) in [4.78, 5) is 15.2. The standard InChI is InChI=1S/C32H29F4N3O4S/c1-2-44(41,42)24-6-3-19(4-7-24)27(9-10-37)38-30(40)20-5-8-28-29(16-20)43-12-11-39(28)23-14-21(25-17-31(25,33)34)13-22(15-23)26-18-32(26,35)36/h3-8,13-16,25-27H,2,9,11-12,17-18H2,1H3,(H,38,40)/t25?,26?,27-/m0/s1. The molecule has 12 heteroatoms. The van der Waals surface area contributed by atoms with Crippen LogP contribution in [0.15, 0.2) is 65.6 Å². The molecule has 6 rings (SSSR count). The van der Waals surface area contributed by atoms with Gasteiger partial charge in [-0.15, -0.1) is 0 Å². The number of ether oxygens (including phenoxy) is 1. The van der Waals surface area contributed by atoms with Crippen LogP contribution in [-0.2, 0) is 9.84 Å². The first-order valence-electron chi connectivity index (χ1n) is 14.3. The van der Waals surface area contributed by atoms with Crippen LogP contribution in [-0.4, -0.2) is 45.1 Å². The lowest BCUT2D eigenvalue weighted by atomic mass is 10.0. The normalized spacial score (nSPS) is 21.8. The van der Waals surface area contributed by atoms with Gasteiger partial charge in [-0.2, -0.15) is 5.26 Å². The van der Waals surface area contributed by atoms with Crippen LogP contribution in [0.4, 0.5) is 28.9 Å². The second-order valence-corrected chi connectivity index (χ2v) is 13.7. The minimum Gasteiger partial charge on any atom is -0.490 e. The van der Waals surface area contributed by atoms with Gasteiger partial charge >= 0.3 is 0 Å². The molecule has 0 saturated heterocycles. The van der Waals surface area contributed by atoms with Gasteiger partial charge in [0, 0.05) is 24.1 Å². The smallest absolute Gasteiger partial charge is 0.255 e. The largest absolute Gasteiger partial charge is 0.490 e. The van der Waals surface area contributed by atoms with Crippen LogP contribution in [0.2, 0.25) is 0 Å². The summed E-state index contributed by atoms with van der Waals surface area (Å²) < 4.78 is 86.1. The van der Waals surface area contributed by atoms with Gasteiger partial charge in [-0.25, -0.2) is 26.0 Å². The van der Waals surface area contributed by atoms with Crippen molar-refractivity contribution in [1.29, 1.82) is 5.26 Å². The van der Waals surface area contributed by atoms with E-state index in [4.69, 9.17) is 4.74 Å². The quantitative estimate of drug-likeness (QED) is 0.267. The van der Waals surface area contributed by atoms with Gasteiger partial charge < -0.3 is 15.0 Å². The Kier molecular flexibility index (Phi) is 7.35. The zero-order valence-corrected chi connectivity index (χ0v) is 24.5. The fourth-order valence-electron chi connectivity index (χ4n) is 5.66. The van der Waals surface area contributed by atoms with Gasteiger partial charge in [0.05, 0.1) is 53.2 Å². The highest BCUT2D eigenvalue weighted by Gasteiger charge is 2.60. The third-order valence-corrected chi connectivity index (χ3v) is 10.2. The molecule has 7 nitrogen and oxygen atoms in total. The molecular weight excluding hydrogens is 598 g/mol. The van der Waals surface area contributed by atoms with Crippen LogP contribution in [0, 0.1) is 11.3 Å². The van der Waals surface area contributed by atoms with Gasteiger partial charge in [0.1, 0.15) is 12.4 Å². The average Bonchev–Trinajstić information content (AvgIpc) is 3.87. The SMILES string of the molecule is CCS(=O)(=O)c1ccc([C@H](CC#N)NC(=O)c2ccc3c(c2)OCCN3c2cc(C3CC3(F)F)cc(C3CC3(F)F)c2)cc1. The van der Waals surface area contributed by atoms with Crippen LogP contribution < -0.4 is 15.0 Å². The lowest BCUT2D eigenvalue weighted by Crippen LogP contribution is -2.30. The van der Waals surface area contributed by atoms with E-state index in [2.05, 4.69) is 5.32 Å². The monoisotopic (exact) mass is 627 g/mol. The van der Waals surface area contributed by atoms with Crippen molar-refractivity contribution in [2.45, 2.75) is 60.8 Å². The fourth-order valence-corrected chi connectivity index (χ4v) is 6.54. The molecule has 3 aromatic rings. The maximum absolute atomic E-state index is 14.0. The summed E-state index contributed by atoms with van der Waals surface area (Å²) in [6.07, 6.45) is -0.687. The number of nitrogens with zero attached hydrogens (tertiary/aromatic N) is 2. The predicted octanol–water partition coefficient (Wildman–Crippen LogP) is 6.64. The third kappa shape index (κ3) is 5.73. The Hall–Kier alpha value is -4.11. The molecule has 2 aliphatic carbocycles. The maximum atomic E-state index is 14.0. The van der Waals surface area contributed by atoms with E-state index in [1.54, 1.807) is 43.3 Å². The molecule has 1 amide bonds. The van der Waals surface area contributed by atoms with Crippen molar-refractivity contribution in [2.24, 2.45) is 0 Å². The molecule has 2 fully saturated rings. The van der Waals surface area contributed by atoms with Gasteiger partial charge in [0.15, 0.2) is 9.84 Å². The number of fused-ring (bicyclic) bond motifs is 1. The van der Waals surface area contributed by atoms with E-state index in [0.29, 0.717) is 40.4 Å². The molecular formula is C32H29F4N3O4S. The number of carbonyl (C=O) groups excluding carboxylic acids is 1. The second-order valence-electron chi connectivity index (χ2n) is 11.4. The van der Waals surface area contributed by atoms with E-state index in [1.165, 1.54) is 24.3 Å². The summed E-state index contributed by atoms with van der Waals surface area (Å²) >= 11 is 0. The third-order valence-electron chi connectivity index (χ3n) is 8.44. The molecule has 2 unspecified atom stereocenters. The maximum Gasteiger partial charge on any atom is 0.255 e. The molecule has 1 aliphatic heterocycles. The first-order chi connectivity index (χ1) is 20.8. The van der Waals surface area contributed by atoms with Crippen molar-refractivity contribution >= 4 is 27.1 Å². The number of sulfone groups is 1. The number of alkyl halides is 4. The number of hydrogen-bond acceptors (Lipinski definition) is 6. The topological polar surface area (TPSA) is 99.5 Å². The van der Waals surface area contributed by atoms with E-state index in [1.807, 2.05) is 11.0 Å². The number of nitrogens with one attached hydrogen (secondary N) is 1. The number of anilines is 2. The predicted molar refractivity (Wildman–Crippen MR) is 155 cm³/mol. The Morgan fingerprint density at radius 3 is 2.18 bits per heavy atom. The molecule has 0 aromatic heterocycles. The van der Waals surface area contributed by atoms with Gasteiger partial charge in [-0.3, -0.25) is 4.79 Å². The van der Waals surface area contributed by atoms with Crippen molar-refractivity contribution in [3.8, 4) is 11.8 Å². The van der Waals surface area contributed by atoms with Crippen LogP contribution in [0.5, 0.6) is 5.75 Å².